The zero-order chi connectivity index (χ0) is 21.8. The first-order valence-electron chi connectivity index (χ1n) is 11.5. The number of piperidine rings is 1. The van der Waals surface area contributed by atoms with Gasteiger partial charge in [-0.25, -0.2) is 4.79 Å². The lowest BCUT2D eigenvalue weighted by Gasteiger charge is -2.34. The molecule has 2 heterocycles. The fourth-order valence-electron chi connectivity index (χ4n) is 4.84. The summed E-state index contributed by atoms with van der Waals surface area (Å²) in [7, 11) is 0. The van der Waals surface area contributed by atoms with E-state index in [9.17, 15) is 14.7 Å². The number of nitrogens with one attached hydrogen (secondary N) is 1. The molecule has 31 heavy (non-hydrogen) atoms. The Bertz CT molecular complexity index is 897. The maximum atomic E-state index is 13.7. The van der Waals surface area contributed by atoms with Crippen molar-refractivity contribution in [3.63, 3.8) is 0 Å². The van der Waals surface area contributed by atoms with E-state index in [1.165, 1.54) is 11.3 Å². The average molecular weight is 441 g/mol. The van der Waals surface area contributed by atoms with Crippen molar-refractivity contribution >= 4 is 28.9 Å². The molecular weight excluding hydrogens is 408 g/mol. The third-order valence-corrected chi connectivity index (χ3v) is 7.95. The van der Waals surface area contributed by atoms with Gasteiger partial charge in [0.25, 0.3) is 0 Å². The van der Waals surface area contributed by atoms with Gasteiger partial charge in [-0.05, 0) is 75.1 Å². The standard InChI is InChI=1S/C25H32N2O3S/c1-17-7-9-20(10-8-17)24(28)27(16-18-11-13-26-14-12-18)21-15-22(31-23(21)25(29)30)19-5-3-2-4-6-19/h2-6,15,17-18,20,26H,7-14,16H2,1H3,(H,29,30). The molecule has 1 aliphatic heterocycles. The lowest BCUT2D eigenvalue weighted by atomic mass is 9.82. The van der Waals surface area contributed by atoms with Crippen LogP contribution in [-0.4, -0.2) is 36.6 Å². The van der Waals surface area contributed by atoms with Gasteiger partial charge in [-0.3, -0.25) is 4.79 Å². The maximum absolute atomic E-state index is 13.7. The fraction of sp³-hybridized carbons (Fsp3) is 0.520. The molecule has 0 atom stereocenters. The van der Waals surface area contributed by atoms with E-state index < -0.39 is 5.97 Å². The minimum atomic E-state index is -0.956. The van der Waals surface area contributed by atoms with Crippen LogP contribution in [0.25, 0.3) is 10.4 Å². The van der Waals surface area contributed by atoms with Gasteiger partial charge < -0.3 is 15.3 Å². The molecule has 6 heteroatoms. The number of anilines is 1. The Morgan fingerprint density at radius 2 is 1.74 bits per heavy atom. The highest BCUT2D eigenvalue weighted by Crippen LogP contribution is 2.39. The van der Waals surface area contributed by atoms with Gasteiger partial charge in [-0.15, -0.1) is 11.3 Å². The number of carbonyl (C=O) groups is 2. The number of carboxylic acid groups (broad SMARTS) is 1. The monoisotopic (exact) mass is 440 g/mol. The summed E-state index contributed by atoms with van der Waals surface area (Å²) in [6.07, 6.45) is 5.99. The number of hydrogen-bond donors (Lipinski definition) is 2. The van der Waals surface area contributed by atoms with Crippen LogP contribution in [-0.2, 0) is 4.79 Å². The van der Waals surface area contributed by atoms with E-state index in [1.54, 1.807) is 0 Å². The second-order valence-corrected chi connectivity index (χ2v) is 10.1. The predicted octanol–water partition coefficient (Wildman–Crippen LogP) is 5.27. The zero-order valence-corrected chi connectivity index (χ0v) is 19.0. The van der Waals surface area contributed by atoms with E-state index in [-0.39, 0.29) is 16.7 Å². The molecule has 0 unspecified atom stereocenters. The number of benzene rings is 1. The van der Waals surface area contributed by atoms with E-state index in [4.69, 9.17) is 0 Å². The number of amides is 1. The molecule has 4 rings (SSSR count). The van der Waals surface area contributed by atoms with Crippen molar-refractivity contribution < 1.29 is 14.7 Å². The highest BCUT2D eigenvalue weighted by Gasteiger charge is 2.33. The Kier molecular flexibility index (Phi) is 7.08. The smallest absolute Gasteiger partial charge is 0.348 e. The minimum Gasteiger partial charge on any atom is -0.477 e. The highest BCUT2D eigenvalue weighted by atomic mass is 32.1. The van der Waals surface area contributed by atoms with Crippen molar-refractivity contribution in [2.75, 3.05) is 24.5 Å². The van der Waals surface area contributed by atoms with Crippen molar-refractivity contribution in [2.24, 2.45) is 17.8 Å². The van der Waals surface area contributed by atoms with Gasteiger partial charge in [-0.2, -0.15) is 0 Å². The number of carbonyl (C=O) groups excluding carboxylic acids is 1. The zero-order valence-electron chi connectivity index (χ0n) is 18.2. The van der Waals surface area contributed by atoms with Gasteiger partial charge >= 0.3 is 5.97 Å². The quantitative estimate of drug-likeness (QED) is 0.642. The number of thiophene rings is 1. The second-order valence-electron chi connectivity index (χ2n) is 9.10. The van der Waals surface area contributed by atoms with Crippen molar-refractivity contribution in [1.82, 2.24) is 5.32 Å². The maximum Gasteiger partial charge on any atom is 0.348 e. The molecule has 5 nitrogen and oxygen atoms in total. The molecule has 1 amide bonds. The van der Waals surface area contributed by atoms with Crippen LogP contribution in [0.5, 0.6) is 0 Å². The lowest BCUT2D eigenvalue weighted by molar-refractivity contribution is -0.123. The van der Waals surface area contributed by atoms with Gasteiger partial charge in [0.15, 0.2) is 0 Å². The van der Waals surface area contributed by atoms with Crippen LogP contribution < -0.4 is 10.2 Å². The Labute approximate surface area is 188 Å². The fourth-order valence-corrected chi connectivity index (χ4v) is 5.84. The van der Waals surface area contributed by atoms with Crippen LogP contribution in [0.1, 0.15) is 55.1 Å². The van der Waals surface area contributed by atoms with E-state index in [2.05, 4.69) is 12.2 Å². The van der Waals surface area contributed by atoms with E-state index in [1.807, 2.05) is 41.3 Å². The Hall–Kier alpha value is -2.18. The molecule has 1 saturated heterocycles. The molecule has 0 bridgehead atoms. The average Bonchev–Trinajstić information content (AvgIpc) is 3.24. The molecule has 2 fully saturated rings. The first-order valence-corrected chi connectivity index (χ1v) is 12.3. The van der Waals surface area contributed by atoms with Crippen LogP contribution in [0.3, 0.4) is 0 Å². The largest absolute Gasteiger partial charge is 0.477 e. The molecule has 2 aliphatic rings. The predicted molar refractivity (Wildman–Crippen MR) is 126 cm³/mol. The first-order chi connectivity index (χ1) is 15.0. The van der Waals surface area contributed by atoms with Crippen LogP contribution in [0, 0.1) is 17.8 Å². The summed E-state index contributed by atoms with van der Waals surface area (Å²) in [5, 5.41) is 13.4. The van der Waals surface area contributed by atoms with Crippen molar-refractivity contribution in [3.05, 3.63) is 41.3 Å². The minimum absolute atomic E-state index is 0.000337. The summed E-state index contributed by atoms with van der Waals surface area (Å²) in [4.78, 5) is 28.9. The van der Waals surface area contributed by atoms with Crippen molar-refractivity contribution in [2.45, 2.75) is 45.4 Å². The number of rotatable bonds is 6. The molecule has 1 saturated carbocycles. The number of carboxylic acids is 1. The van der Waals surface area contributed by atoms with Gasteiger partial charge in [-0.1, -0.05) is 37.3 Å². The van der Waals surface area contributed by atoms with Gasteiger partial charge in [0.1, 0.15) is 4.88 Å². The van der Waals surface area contributed by atoms with Crippen LogP contribution in [0.4, 0.5) is 5.69 Å². The molecular formula is C25H32N2O3S. The molecule has 166 valence electrons. The van der Waals surface area contributed by atoms with E-state index >= 15 is 0 Å². The molecule has 0 radical (unpaired) electrons. The molecule has 1 aromatic carbocycles. The Balaban J connectivity index is 1.68. The molecule has 2 N–H and O–H groups in total. The SMILES string of the molecule is CC1CCC(C(=O)N(CC2CCNCC2)c2cc(-c3ccccc3)sc2C(=O)O)CC1. The number of hydrogen-bond acceptors (Lipinski definition) is 4. The summed E-state index contributed by atoms with van der Waals surface area (Å²) in [6, 6.07) is 11.8. The van der Waals surface area contributed by atoms with Crippen LogP contribution in [0.15, 0.2) is 36.4 Å². The van der Waals surface area contributed by atoms with Crippen LogP contribution >= 0.6 is 11.3 Å². The summed E-state index contributed by atoms with van der Waals surface area (Å²) in [6.45, 7) is 4.77. The third-order valence-electron chi connectivity index (χ3n) is 6.79. The van der Waals surface area contributed by atoms with Crippen molar-refractivity contribution in [3.8, 4) is 10.4 Å². The number of nitrogens with zero attached hydrogens (tertiary/aromatic N) is 1. The highest BCUT2D eigenvalue weighted by molar-refractivity contribution is 7.18. The van der Waals surface area contributed by atoms with Crippen molar-refractivity contribution in [1.29, 1.82) is 0 Å². The van der Waals surface area contributed by atoms with Gasteiger partial charge in [0.2, 0.25) is 5.91 Å². The van der Waals surface area contributed by atoms with Gasteiger partial charge in [0.05, 0.1) is 5.69 Å². The summed E-state index contributed by atoms with van der Waals surface area (Å²) < 4.78 is 0. The molecule has 0 spiro atoms. The number of aromatic carboxylic acids is 1. The molecule has 2 aromatic rings. The van der Waals surface area contributed by atoms with Crippen LogP contribution in [0.2, 0.25) is 0 Å². The van der Waals surface area contributed by atoms with Gasteiger partial charge in [0, 0.05) is 17.3 Å². The lowest BCUT2D eigenvalue weighted by Crippen LogP contribution is -2.43. The van der Waals surface area contributed by atoms with E-state index in [0.717, 1.165) is 62.1 Å². The second kappa shape index (κ2) is 9.96. The Morgan fingerprint density at radius 1 is 1.06 bits per heavy atom. The summed E-state index contributed by atoms with van der Waals surface area (Å²) in [5.41, 5.74) is 1.57. The summed E-state index contributed by atoms with van der Waals surface area (Å²) >= 11 is 1.27. The summed E-state index contributed by atoms with van der Waals surface area (Å²) in [5.74, 6) is 0.226. The van der Waals surface area contributed by atoms with E-state index in [0.29, 0.717) is 24.1 Å². The third kappa shape index (κ3) is 5.18. The Morgan fingerprint density at radius 3 is 2.39 bits per heavy atom. The molecule has 1 aromatic heterocycles. The molecule has 1 aliphatic carbocycles. The normalized spacial score (nSPS) is 22.2. The topological polar surface area (TPSA) is 69.6 Å². The first kappa shape index (κ1) is 22.0.